The van der Waals surface area contributed by atoms with Gasteiger partial charge in [0.25, 0.3) is 5.89 Å². The molecule has 2 heterocycles. The maximum Gasteiger partial charge on any atom is 0.258 e. The van der Waals surface area contributed by atoms with Crippen LogP contribution in [0, 0.1) is 12.7 Å². The van der Waals surface area contributed by atoms with Crippen molar-refractivity contribution >= 4 is 22.9 Å². The fourth-order valence-electron chi connectivity index (χ4n) is 4.27. The van der Waals surface area contributed by atoms with E-state index in [1.54, 1.807) is 12.1 Å². The Hall–Kier alpha value is -3.84. The molecule has 0 bridgehead atoms. The Kier molecular flexibility index (Phi) is 6.42. The molecule has 0 radical (unpaired) electrons. The molecule has 176 valence electrons. The molecule has 0 amide bonds. The summed E-state index contributed by atoms with van der Waals surface area (Å²) < 4.78 is 19.4. The lowest BCUT2D eigenvalue weighted by Crippen LogP contribution is -2.46. The van der Waals surface area contributed by atoms with Crippen molar-refractivity contribution in [2.45, 2.75) is 26.3 Å². The van der Waals surface area contributed by atoms with E-state index in [0.29, 0.717) is 23.4 Å². The first-order valence-electron chi connectivity index (χ1n) is 11.5. The number of allylic oxidation sites excluding steroid dienone is 1. The van der Waals surface area contributed by atoms with Crippen LogP contribution in [-0.4, -0.2) is 26.7 Å². The molecule has 1 atom stereocenters. The van der Waals surface area contributed by atoms with Gasteiger partial charge in [-0.15, -0.1) is 0 Å². The number of hydrogen-bond donors (Lipinski definition) is 1. The zero-order valence-corrected chi connectivity index (χ0v) is 20.3. The smallest absolute Gasteiger partial charge is 0.258 e. The van der Waals surface area contributed by atoms with E-state index in [1.807, 2.05) is 56.3 Å². The standard InChI is InChI=1S/C28H25FN4OS/c1-18-8-10-22(11-9-18)26-31-27(34-32-26)24-19(2)33(17-16-20-6-4-3-5-7-20)28(35)30-25(24)21-12-14-23(29)15-13-21/h3-15,25H,16-17H2,1-2H3,(H,30,35). The average Bonchev–Trinajstić information content (AvgIpc) is 3.35. The lowest BCUT2D eigenvalue weighted by atomic mass is 9.94. The maximum atomic E-state index is 13.7. The number of thiocarbonyl (C=S) groups is 1. The van der Waals surface area contributed by atoms with Crippen LogP contribution in [0.2, 0.25) is 0 Å². The Morgan fingerprint density at radius 3 is 2.40 bits per heavy atom. The largest absolute Gasteiger partial charge is 0.351 e. The second kappa shape index (κ2) is 9.80. The number of aromatic nitrogens is 2. The molecule has 0 spiro atoms. The molecule has 1 aromatic heterocycles. The fourth-order valence-corrected chi connectivity index (χ4v) is 4.62. The summed E-state index contributed by atoms with van der Waals surface area (Å²) in [5.41, 5.74) is 5.88. The van der Waals surface area contributed by atoms with Gasteiger partial charge in [0.2, 0.25) is 5.82 Å². The van der Waals surface area contributed by atoms with Crippen molar-refractivity contribution in [2.24, 2.45) is 0 Å². The molecule has 0 fully saturated rings. The molecule has 5 nitrogen and oxygen atoms in total. The first kappa shape index (κ1) is 22.9. The Balaban J connectivity index is 1.54. The molecule has 1 unspecified atom stereocenters. The van der Waals surface area contributed by atoms with E-state index >= 15 is 0 Å². The lowest BCUT2D eigenvalue weighted by Gasteiger charge is -2.37. The Morgan fingerprint density at radius 2 is 1.69 bits per heavy atom. The molecule has 4 aromatic rings. The third-order valence-corrected chi connectivity index (χ3v) is 6.57. The van der Waals surface area contributed by atoms with Crippen molar-refractivity contribution in [3.05, 3.63) is 113 Å². The number of nitrogens with one attached hydrogen (secondary N) is 1. The van der Waals surface area contributed by atoms with E-state index in [2.05, 4.69) is 27.5 Å². The molecule has 1 aliphatic heterocycles. The summed E-state index contributed by atoms with van der Waals surface area (Å²) in [6.07, 6.45) is 0.826. The van der Waals surface area contributed by atoms with Crippen molar-refractivity contribution in [3.8, 4) is 11.4 Å². The van der Waals surface area contributed by atoms with Gasteiger partial charge in [0.15, 0.2) is 5.11 Å². The highest BCUT2D eigenvalue weighted by Crippen LogP contribution is 2.37. The molecular weight excluding hydrogens is 459 g/mol. The summed E-state index contributed by atoms with van der Waals surface area (Å²) in [4.78, 5) is 6.80. The second-order valence-corrected chi connectivity index (χ2v) is 9.00. The molecular formula is C28H25FN4OS. The SMILES string of the molecule is CC1=C(c2nc(-c3ccc(C)cc3)no2)C(c2ccc(F)cc2)NC(=S)N1CCc1ccccc1. The van der Waals surface area contributed by atoms with E-state index in [-0.39, 0.29) is 11.9 Å². The monoisotopic (exact) mass is 484 g/mol. The van der Waals surface area contributed by atoms with Gasteiger partial charge >= 0.3 is 0 Å². The summed E-state index contributed by atoms with van der Waals surface area (Å²) in [6, 6.07) is 24.3. The van der Waals surface area contributed by atoms with Gasteiger partial charge in [-0.1, -0.05) is 77.5 Å². The minimum atomic E-state index is -0.345. The van der Waals surface area contributed by atoms with E-state index in [0.717, 1.165) is 34.4 Å². The van der Waals surface area contributed by atoms with Crippen LogP contribution < -0.4 is 5.32 Å². The number of halogens is 1. The number of nitrogens with zero attached hydrogens (tertiary/aromatic N) is 3. The predicted molar refractivity (Wildman–Crippen MR) is 139 cm³/mol. The first-order valence-corrected chi connectivity index (χ1v) is 11.9. The topological polar surface area (TPSA) is 54.2 Å². The molecule has 5 rings (SSSR count). The zero-order chi connectivity index (χ0) is 24.4. The van der Waals surface area contributed by atoms with E-state index < -0.39 is 0 Å². The van der Waals surface area contributed by atoms with Crippen LogP contribution in [0.5, 0.6) is 0 Å². The quantitative estimate of drug-likeness (QED) is 0.334. The lowest BCUT2D eigenvalue weighted by molar-refractivity contribution is 0.397. The minimum absolute atomic E-state index is 0.293. The Bertz CT molecular complexity index is 1360. The molecule has 0 aliphatic carbocycles. The summed E-state index contributed by atoms with van der Waals surface area (Å²) in [5.74, 6) is 0.632. The van der Waals surface area contributed by atoms with E-state index in [4.69, 9.17) is 21.7 Å². The normalized spacial score (nSPS) is 15.9. The predicted octanol–water partition coefficient (Wildman–Crippen LogP) is 6.09. The minimum Gasteiger partial charge on any atom is -0.351 e. The third kappa shape index (κ3) is 4.86. The fraction of sp³-hybridized carbons (Fsp3) is 0.179. The van der Waals surface area contributed by atoms with Gasteiger partial charge in [-0.2, -0.15) is 4.98 Å². The zero-order valence-electron chi connectivity index (χ0n) is 19.5. The summed E-state index contributed by atoms with van der Waals surface area (Å²) >= 11 is 5.76. The number of benzene rings is 3. The highest BCUT2D eigenvalue weighted by atomic mass is 32.1. The summed E-state index contributed by atoms with van der Waals surface area (Å²) in [7, 11) is 0. The number of hydrogen-bond acceptors (Lipinski definition) is 4. The molecule has 0 saturated carbocycles. The van der Waals surface area contributed by atoms with Crippen molar-refractivity contribution < 1.29 is 8.91 Å². The Labute approximate surface area is 209 Å². The van der Waals surface area contributed by atoms with Gasteiger partial charge < -0.3 is 14.7 Å². The van der Waals surface area contributed by atoms with Crippen LogP contribution in [0.15, 0.2) is 89.1 Å². The van der Waals surface area contributed by atoms with Gasteiger partial charge in [-0.25, -0.2) is 4.39 Å². The van der Waals surface area contributed by atoms with Gasteiger partial charge in [0, 0.05) is 17.8 Å². The summed E-state index contributed by atoms with van der Waals surface area (Å²) in [6.45, 7) is 4.74. The van der Waals surface area contributed by atoms with Crippen LogP contribution in [-0.2, 0) is 6.42 Å². The molecule has 35 heavy (non-hydrogen) atoms. The first-order chi connectivity index (χ1) is 17.0. The maximum absolute atomic E-state index is 13.7. The van der Waals surface area contributed by atoms with Crippen molar-refractivity contribution in [2.75, 3.05) is 6.54 Å². The van der Waals surface area contributed by atoms with Gasteiger partial charge in [-0.05, 0) is 55.7 Å². The van der Waals surface area contributed by atoms with Crippen LogP contribution in [0.1, 0.15) is 35.5 Å². The van der Waals surface area contributed by atoms with Crippen LogP contribution in [0.3, 0.4) is 0 Å². The molecule has 7 heteroatoms. The number of aryl methyl sites for hydroxylation is 1. The van der Waals surface area contributed by atoms with Crippen LogP contribution in [0.4, 0.5) is 4.39 Å². The molecule has 3 aromatic carbocycles. The second-order valence-electron chi connectivity index (χ2n) is 8.61. The molecule has 1 N–H and O–H groups in total. The molecule has 0 saturated heterocycles. The average molecular weight is 485 g/mol. The Morgan fingerprint density at radius 1 is 0.971 bits per heavy atom. The van der Waals surface area contributed by atoms with Crippen molar-refractivity contribution in [3.63, 3.8) is 0 Å². The van der Waals surface area contributed by atoms with Crippen molar-refractivity contribution in [1.82, 2.24) is 20.4 Å². The highest BCUT2D eigenvalue weighted by molar-refractivity contribution is 7.80. The van der Waals surface area contributed by atoms with Crippen LogP contribution >= 0.6 is 12.2 Å². The van der Waals surface area contributed by atoms with Crippen LogP contribution in [0.25, 0.3) is 17.0 Å². The molecule has 1 aliphatic rings. The van der Waals surface area contributed by atoms with Gasteiger partial charge in [-0.3, -0.25) is 0 Å². The summed E-state index contributed by atoms with van der Waals surface area (Å²) in [5, 5.41) is 8.28. The van der Waals surface area contributed by atoms with Gasteiger partial charge in [0.05, 0.1) is 11.6 Å². The van der Waals surface area contributed by atoms with Crippen molar-refractivity contribution in [1.29, 1.82) is 0 Å². The van der Waals surface area contributed by atoms with E-state index in [1.165, 1.54) is 17.7 Å². The highest BCUT2D eigenvalue weighted by Gasteiger charge is 2.34. The number of rotatable bonds is 6. The third-order valence-electron chi connectivity index (χ3n) is 6.23. The van der Waals surface area contributed by atoms with Gasteiger partial charge in [0.1, 0.15) is 5.82 Å². The van der Waals surface area contributed by atoms with E-state index in [9.17, 15) is 4.39 Å².